The van der Waals surface area contributed by atoms with Gasteiger partial charge in [0.05, 0.1) is 12.1 Å². The van der Waals surface area contributed by atoms with E-state index in [-0.39, 0.29) is 24.0 Å². The summed E-state index contributed by atoms with van der Waals surface area (Å²) in [5.74, 6) is 1.00. The second-order valence-electron chi connectivity index (χ2n) is 9.44. The smallest absolute Gasteiger partial charge is 0.246 e. The molecule has 3 aliphatic rings. The molecular weight excluding hydrogens is 368 g/mol. The highest BCUT2D eigenvalue weighted by Crippen LogP contribution is 2.48. The zero-order valence-electron chi connectivity index (χ0n) is 18.5. The van der Waals surface area contributed by atoms with Crippen LogP contribution in [0.25, 0.3) is 0 Å². The third-order valence-corrected chi connectivity index (χ3v) is 7.18. The van der Waals surface area contributed by atoms with Crippen LogP contribution in [0.3, 0.4) is 0 Å². The summed E-state index contributed by atoms with van der Waals surface area (Å²) in [4.78, 5) is 15.3. The van der Waals surface area contributed by atoms with E-state index >= 15 is 0 Å². The van der Waals surface area contributed by atoms with E-state index in [2.05, 4.69) is 23.2 Å². The Bertz CT molecular complexity index is 640. The molecule has 2 fully saturated rings. The van der Waals surface area contributed by atoms with Crippen LogP contribution in [0.15, 0.2) is 23.6 Å². The third-order valence-electron chi connectivity index (χ3n) is 7.18. The van der Waals surface area contributed by atoms with Gasteiger partial charge in [-0.1, -0.05) is 13.3 Å². The van der Waals surface area contributed by atoms with Crippen molar-refractivity contribution < 1.29 is 19.4 Å². The summed E-state index contributed by atoms with van der Waals surface area (Å²) in [7, 11) is 2.01. The Kier molecular flexibility index (Phi) is 7.07. The van der Waals surface area contributed by atoms with Crippen molar-refractivity contribution in [2.24, 2.45) is 11.3 Å². The topological polar surface area (TPSA) is 71.0 Å². The number of aliphatic hydroxyl groups is 1. The van der Waals surface area contributed by atoms with Gasteiger partial charge in [0.25, 0.3) is 0 Å². The van der Waals surface area contributed by atoms with Crippen LogP contribution in [0.1, 0.15) is 59.3 Å². The molecule has 29 heavy (non-hydrogen) atoms. The van der Waals surface area contributed by atoms with E-state index < -0.39 is 5.54 Å². The largest absolute Gasteiger partial charge is 0.471 e. The molecule has 1 unspecified atom stereocenters. The summed E-state index contributed by atoms with van der Waals surface area (Å²) in [5.41, 5.74) is 0.284. The van der Waals surface area contributed by atoms with Crippen LogP contribution in [-0.4, -0.2) is 61.0 Å². The zero-order chi connectivity index (χ0) is 21.1. The lowest BCUT2D eigenvalue weighted by atomic mass is 9.64. The number of amides is 1. The van der Waals surface area contributed by atoms with E-state index in [4.69, 9.17) is 9.47 Å². The van der Waals surface area contributed by atoms with Crippen LogP contribution in [0.2, 0.25) is 0 Å². The Morgan fingerprint density at radius 1 is 1.34 bits per heavy atom. The molecule has 2 aliphatic heterocycles. The van der Waals surface area contributed by atoms with Gasteiger partial charge in [0, 0.05) is 31.2 Å². The lowest BCUT2D eigenvalue weighted by molar-refractivity contribution is -0.131. The monoisotopic (exact) mass is 406 g/mol. The fourth-order valence-electron chi connectivity index (χ4n) is 4.34. The van der Waals surface area contributed by atoms with Crippen molar-refractivity contribution in [2.75, 3.05) is 33.4 Å². The van der Waals surface area contributed by atoms with Gasteiger partial charge in [-0.3, -0.25) is 15.0 Å². The van der Waals surface area contributed by atoms with Crippen molar-refractivity contribution in [1.82, 2.24) is 10.2 Å². The Morgan fingerprint density at radius 2 is 2.03 bits per heavy atom. The molecule has 6 nitrogen and oxygen atoms in total. The Morgan fingerprint density at radius 3 is 2.59 bits per heavy atom. The van der Waals surface area contributed by atoms with Gasteiger partial charge in [-0.2, -0.15) is 0 Å². The number of carbonyl (C=O) groups is 1. The van der Waals surface area contributed by atoms with Gasteiger partial charge in [0.1, 0.15) is 6.10 Å². The number of nitrogens with zero attached hydrogens (tertiary/aromatic N) is 1. The van der Waals surface area contributed by atoms with Gasteiger partial charge in [0.15, 0.2) is 5.88 Å². The molecule has 1 amide bonds. The molecule has 1 atom stereocenters. The van der Waals surface area contributed by atoms with Crippen LogP contribution >= 0.6 is 0 Å². The maximum absolute atomic E-state index is 13.2. The number of hydrogen-bond acceptors (Lipinski definition) is 5. The first-order chi connectivity index (χ1) is 13.8. The van der Waals surface area contributed by atoms with E-state index in [0.29, 0.717) is 11.8 Å². The first-order valence-electron chi connectivity index (χ1n) is 11.1. The molecule has 2 N–H and O–H groups in total. The minimum Gasteiger partial charge on any atom is -0.471 e. The Hall–Kier alpha value is -1.37. The number of rotatable bonds is 8. The van der Waals surface area contributed by atoms with E-state index in [1.807, 2.05) is 27.0 Å². The van der Waals surface area contributed by atoms with E-state index in [0.717, 1.165) is 63.9 Å². The summed E-state index contributed by atoms with van der Waals surface area (Å²) in [6.45, 7) is 8.63. The van der Waals surface area contributed by atoms with Crippen LogP contribution < -0.4 is 5.32 Å². The highest BCUT2D eigenvalue weighted by Gasteiger charge is 2.41. The molecule has 0 radical (unpaired) electrons. The van der Waals surface area contributed by atoms with Crippen LogP contribution in [-0.2, 0) is 14.3 Å². The number of carbonyl (C=O) groups excluding carboxylic acids is 1. The fourth-order valence-corrected chi connectivity index (χ4v) is 4.34. The molecule has 164 valence electrons. The Balaban J connectivity index is 1.67. The van der Waals surface area contributed by atoms with E-state index in [1.54, 1.807) is 0 Å². The van der Waals surface area contributed by atoms with Crippen molar-refractivity contribution in [3.63, 3.8) is 0 Å². The van der Waals surface area contributed by atoms with Gasteiger partial charge in [-0.15, -0.1) is 0 Å². The lowest BCUT2D eigenvalue weighted by Gasteiger charge is -2.43. The molecule has 0 bridgehead atoms. The molecule has 6 heteroatoms. The van der Waals surface area contributed by atoms with Crippen molar-refractivity contribution in [3.05, 3.63) is 23.6 Å². The summed E-state index contributed by atoms with van der Waals surface area (Å²) < 4.78 is 11.5. The second kappa shape index (κ2) is 9.19. The number of aliphatic hydroxyl groups excluding tert-OH is 1. The van der Waals surface area contributed by atoms with Crippen molar-refractivity contribution >= 4 is 5.91 Å². The Labute approximate surface area is 175 Å². The lowest BCUT2D eigenvalue weighted by Crippen LogP contribution is -2.55. The molecule has 0 spiro atoms. The highest BCUT2D eigenvalue weighted by atomic mass is 16.5. The molecule has 2 heterocycles. The van der Waals surface area contributed by atoms with Gasteiger partial charge in [0.2, 0.25) is 5.91 Å². The van der Waals surface area contributed by atoms with E-state index in [9.17, 15) is 9.90 Å². The number of ether oxygens (including phenoxy) is 2. The fraction of sp³-hybridized carbons (Fsp3) is 0.783. The predicted molar refractivity (Wildman–Crippen MR) is 113 cm³/mol. The maximum atomic E-state index is 13.2. The minimum atomic E-state index is -0.656. The van der Waals surface area contributed by atoms with Crippen LogP contribution in [0.4, 0.5) is 0 Å². The SMILES string of the molecule is CCC1C=C(C2(CO)CCC2)C=C(NC(=O)C(C)(C)N(C)CC2CCOCC2)O1. The molecular formula is C23H38N2O4. The average Bonchev–Trinajstić information content (AvgIpc) is 2.68. The molecule has 1 saturated carbocycles. The standard InChI is InChI=1S/C23H38N2O4/c1-5-19-13-18(23(16-26)9-6-10-23)14-20(29-19)24-21(27)22(2,3)25(4)15-17-7-11-28-12-8-17/h13-14,17,19,26H,5-12,15-16H2,1-4H3,(H,24,27). The normalized spacial score (nSPS) is 25.0. The van der Waals surface area contributed by atoms with E-state index in [1.165, 1.54) is 0 Å². The molecule has 0 aromatic carbocycles. The third kappa shape index (κ3) is 4.86. The van der Waals surface area contributed by atoms with Crippen molar-refractivity contribution in [1.29, 1.82) is 0 Å². The van der Waals surface area contributed by atoms with Gasteiger partial charge in [-0.05, 0) is 70.6 Å². The first kappa shape index (κ1) is 22.3. The van der Waals surface area contributed by atoms with Gasteiger partial charge >= 0.3 is 0 Å². The average molecular weight is 407 g/mol. The molecule has 1 aliphatic carbocycles. The van der Waals surface area contributed by atoms with Crippen molar-refractivity contribution in [3.8, 4) is 0 Å². The van der Waals surface area contributed by atoms with Crippen molar-refractivity contribution in [2.45, 2.75) is 70.9 Å². The number of hydrogen-bond donors (Lipinski definition) is 2. The molecule has 1 saturated heterocycles. The quantitative estimate of drug-likeness (QED) is 0.648. The summed E-state index contributed by atoms with van der Waals surface area (Å²) in [6, 6.07) is 0. The summed E-state index contributed by atoms with van der Waals surface area (Å²) in [5, 5.41) is 13.0. The predicted octanol–water partition coefficient (Wildman–Crippen LogP) is 2.98. The highest BCUT2D eigenvalue weighted by molar-refractivity contribution is 5.86. The van der Waals surface area contributed by atoms with Gasteiger partial charge < -0.3 is 14.6 Å². The minimum absolute atomic E-state index is 0.0685. The number of allylic oxidation sites excluding steroid dienone is 1. The molecule has 0 aromatic heterocycles. The first-order valence-corrected chi connectivity index (χ1v) is 11.1. The summed E-state index contributed by atoms with van der Waals surface area (Å²) in [6.07, 6.45) is 10.0. The number of nitrogens with one attached hydrogen (secondary N) is 1. The van der Waals surface area contributed by atoms with Crippen LogP contribution in [0.5, 0.6) is 0 Å². The maximum Gasteiger partial charge on any atom is 0.246 e. The number of likely N-dealkylation sites (N-methyl/N-ethyl adjacent to an activating group) is 1. The zero-order valence-corrected chi connectivity index (χ0v) is 18.5. The summed E-state index contributed by atoms with van der Waals surface area (Å²) >= 11 is 0. The van der Waals surface area contributed by atoms with Crippen LogP contribution in [0, 0.1) is 11.3 Å². The molecule has 0 aromatic rings. The molecule has 3 rings (SSSR count). The van der Waals surface area contributed by atoms with Gasteiger partial charge in [-0.25, -0.2) is 0 Å². The second-order valence-corrected chi connectivity index (χ2v) is 9.44.